The standard InChI is InChI=1S/C15H17NO4/c1-10(17)15-5-4-11(9-16-15)20-14-7-12(18-2)6-13(8-14)19-3/h4-10,17H,1-3H3. The molecule has 0 aliphatic carbocycles. The van der Waals surface area contributed by atoms with Gasteiger partial charge < -0.3 is 19.3 Å². The van der Waals surface area contributed by atoms with E-state index < -0.39 is 6.10 Å². The van der Waals surface area contributed by atoms with Gasteiger partial charge in [0, 0.05) is 18.2 Å². The second-order valence-electron chi connectivity index (χ2n) is 4.25. The maximum Gasteiger partial charge on any atom is 0.145 e. The topological polar surface area (TPSA) is 60.8 Å². The first-order valence-electron chi connectivity index (χ1n) is 6.17. The number of methoxy groups -OCH3 is 2. The molecule has 0 bridgehead atoms. The van der Waals surface area contributed by atoms with Gasteiger partial charge in [0.05, 0.1) is 32.2 Å². The van der Waals surface area contributed by atoms with Crippen LogP contribution in [-0.2, 0) is 0 Å². The molecule has 0 spiro atoms. The highest BCUT2D eigenvalue weighted by Gasteiger charge is 2.06. The Labute approximate surface area is 117 Å². The predicted octanol–water partition coefficient (Wildman–Crippen LogP) is 2.94. The third-order valence-electron chi connectivity index (χ3n) is 2.75. The molecule has 0 radical (unpaired) electrons. The van der Waals surface area contributed by atoms with Crippen LogP contribution in [0.1, 0.15) is 18.7 Å². The Morgan fingerprint density at radius 3 is 2.00 bits per heavy atom. The molecule has 1 N–H and O–H groups in total. The minimum atomic E-state index is -0.596. The number of benzene rings is 1. The third kappa shape index (κ3) is 3.39. The van der Waals surface area contributed by atoms with Gasteiger partial charge in [0.25, 0.3) is 0 Å². The van der Waals surface area contributed by atoms with Crippen molar-refractivity contribution >= 4 is 0 Å². The number of hydrogen-bond acceptors (Lipinski definition) is 5. The number of pyridine rings is 1. The molecule has 0 aliphatic heterocycles. The van der Waals surface area contributed by atoms with Crippen LogP contribution in [0.3, 0.4) is 0 Å². The van der Waals surface area contributed by atoms with Crippen LogP contribution in [-0.4, -0.2) is 24.3 Å². The molecule has 1 atom stereocenters. The zero-order valence-electron chi connectivity index (χ0n) is 11.7. The van der Waals surface area contributed by atoms with Crippen molar-refractivity contribution < 1.29 is 19.3 Å². The van der Waals surface area contributed by atoms with E-state index in [1.807, 2.05) is 0 Å². The van der Waals surface area contributed by atoms with Gasteiger partial charge in [-0.25, -0.2) is 0 Å². The lowest BCUT2D eigenvalue weighted by molar-refractivity contribution is 0.194. The van der Waals surface area contributed by atoms with Gasteiger partial charge in [0.15, 0.2) is 0 Å². The maximum absolute atomic E-state index is 9.40. The fourth-order valence-electron chi connectivity index (χ4n) is 1.68. The van der Waals surface area contributed by atoms with Crippen LogP contribution < -0.4 is 14.2 Å². The van der Waals surface area contributed by atoms with Crippen LogP contribution in [0.5, 0.6) is 23.0 Å². The molecule has 1 unspecified atom stereocenters. The molecule has 2 aromatic rings. The van der Waals surface area contributed by atoms with Gasteiger partial charge >= 0.3 is 0 Å². The lowest BCUT2D eigenvalue weighted by Gasteiger charge is -2.10. The van der Waals surface area contributed by atoms with Gasteiger partial charge in [-0.2, -0.15) is 0 Å². The Hall–Kier alpha value is -2.27. The quantitative estimate of drug-likeness (QED) is 0.909. The lowest BCUT2D eigenvalue weighted by Crippen LogP contribution is -1.95. The molecule has 1 aromatic carbocycles. The molecule has 106 valence electrons. The minimum Gasteiger partial charge on any atom is -0.496 e. The van der Waals surface area contributed by atoms with Crippen LogP contribution in [0, 0.1) is 0 Å². The van der Waals surface area contributed by atoms with Crippen molar-refractivity contribution in [2.75, 3.05) is 14.2 Å². The number of ether oxygens (including phenoxy) is 3. The third-order valence-corrected chi connectivity index (χ3v) is 2.75. The van der Waals surface area contributed by atoms with Gasteiger partial charge in [-0.3, -0.25) is 4.98 Å². The van der Waals surface area contributed by atoms with Crippen LogP contribution in [0.15, 0.2) is 36.5 Å². The molecular weight excluding hydrogens is 258 g/mol. The zero-order chi connectivity index (χ0) is 14.5. The van der Waals surface area contributed by atoms with E-state index in [0.29, 0.717) is 28.7 Å². The van der Waals surface area contributed by atoms with E-state index in [-0.39, 0.29) is 0 Å². The molecular formula is C15H17NO4. The van der Waals surface area contributed by atoms with E-state index in [1.54, 1.807) is 57.7 Å². The summed E-state index contributed by atoms with van der Waals surface area (Å²) in [5, 5.41) is 9.40. The average Bonchev–Trinajstić information content (AvgIpc) is 2.47. The summed E-state index contributed by atoms with van der Waals surface area (Å²) in [5.41, 5.74) is 0.598. The summed E-state index contributed by atoms with van der Waals surface area (Å²) in [6.07, 6.45) is 0.967. The van der Waals surface area contributed by atoms with Gasteiger partial charge in [-0.05, 0) is 19.1 Å². The van der Waals surface area contributed by atoms with E-state index in [1.165, 1.54) is 0 Å². The number of aliphatic hydroxyl groups excluding tert-OH is 1. The Morgan fingerprint density at radius 2 is 1.55 bits per heavy atom. The van der Waals surface area contributed by atoms with Gasteiger partial charge in [0.2, 0.25) is 0 Å². The molecule has 5 heteroatoms. The number of aromatic nitrogens is 1. The van der Waals surface area contributed by atoms with E-state index >= 15 is 0 Å². The largest absolute Gasteiger partial charge is 0.496 e. The SMILES string of the molecule is COc1cc(OC)cc(Oc2ccc(C(C)O)nc2)c1. The summed E-state index contributed by atoms with van der Waals surface area (Å²) in [6, 6.07) is 8.75. The van der Waals surface area contributed by atoms with Crippen molar-refractivity contribution in [3.8, 4) is 23.0 Å². The summed E-state index contributed by atoms with van der Waals surface area (Å²) < 4.78 is 16.0. The molecule has 0 fully saturated rings. The molecule has 1 heterocycles. The molecule has 0 amide bonds. The van der Waals surface area contributed by atoms with Crippen LogP contribution >= 0.6 is 0 Å². The van der Waals surface area contributed by atoms with Gasteiger partial charge in [-0.1, -0.05) is 0 Å². The number of hydrogen-bond donors (Lipinski definition) is 1. The highest BCUT2D eigenvalue weighted by Crippen LogP contribution is 2.30. The molecule has 0 aliphatic rings. The number of aliphatic hydroxyl groups is 1. The normalized spacial score (nSPS) is 11.8. The highest BCUT2D eigenvalue weighted by molar-refractivity contribution is 5.43. The van der Waals surface area contributed by atoms with Crippen molar-refractivity contribution in [3.05, 3.63) is 42.2 Å². The van der Waals surface area contributed by atoms with E-state index in [2.05, 4.69) is 4.98 Å². The monoisotopic (exact) mass is 275 g/mol. The Kier molecular flexibility index (Phi) is 4.42. The summed E-state index contributed by atoms with van der Waals surface area (Å²) >= 11 is 0. The van der Waals surface area contributed by atoms with E-state index in [9.17, 15) is 5.11 Å². The first kappa shape index (κ1) is 14.1. The summed E-state index contributed by atoms with van der Waals surface area (Å²) in [4.78, 5) is 4.12. The van der Waals surface area contributed by atoms with Crippen molar-refractivity contribution in [1.29, 1.82) is 0 Å². The van der Waals surface area contributed by atoms with Crippen molar-refractivity contribution in [1.82, 2.24) is 4.98 Å². The molecule has 1 aromatic heterocycles. The molecule has 2 rings (SSSR count). The molecule has 20 heavy (non-hydrogen) atoms. The number of nitrogens with zero attached hydrogens (tertiary/aromatic N) is 1. The van der Waals surface area contributed by atoms with Crippen molar-refractivity contribution in [2.24, 2.45) is 0 Å². The Balaban J connectivity index is 2.20. The molecule has 5 nitrogen and oxygen atoms in total. The van der Waals surface area contributed by atoms with Crippen LogP contribution in [0.4, 0.5) is 0 Å². The second kappa shape index (κ2) is 6.25. The zero-order valence-corrected chi connectivity index (χ0v) is 11.7. The van der Waals surface area contributed by atoms with Crippen molar-refractivity contribution in [3.63, 3.8) is 0 Å². The summed E-state index contributed by atoms with van der Waals surface area (Å²) in [5.74, 6) is 2.46. The molecule has 0 saturated carbocycles. The maximum atomic E-state index is 9.40. The predicted molar refractivity (Wildman–Crippen MR) is 74.5 cm³/mol. The number of rotatable bonds is 5. The Morgan fingerprint density at radius 1 is 0.950 bits per heavy atom. The van der Waals surface area contributed by atoms with Crippen LogP contribution in [0.2, 0.25) is 0 Å². The Bertz CT molecular complexity index is 544. The smallest absolute Gasteiger partial charge is 0.145 e. The van der Waals surface area contributed by atoms with Gasteiger partial charge in [-0.15, -0.1) is 0 Å². The summed E-state index contributed by atoms with van der Waals surface area (Å²) in [6.45, 7) is 1.66. The van der Waals surface area contributed by atoms with Crippen LogP contribution in [0.25, 0.3) is 0 Å². The second-order valence-corrected chi connectivity index (χ2v) is 4.25. The van der Waals surface area contributed by atoms with Gasteiger partial charge in [0.1, 0.15) is 23.0 Å². The van der Waals surface area contributed by atoms with E-state index in [4.69, 9.17) is 14.2 Å². The van der Waals surface area contributed by atoms with E-state index in [0.717, 1.165) is 0 Å². The summed E-state index contributed by atoms with van der Waals surface area (Å²) in [7, 11) is 3.16. The minimum absolute atomic E-state index is 0.574. The first-order valence-corrected chi connectivity index (χ1v) is 6.17. The fourth-order valence-corrected chi connectivity index (χ4v) is 1.68. The molecule has 0 saturated heterocycles. The first-order chi connectivity index (χ1) is 9.62. The average molecular weight is 275 g/mol. The lowest BCUT2D eigenvalue weighted by atomic mass is 10.2. The van der Waals surface area contributed by atoms with Crippen molar-refractivity contribution in [2.45, 2.75) is 13.0 Å². The highest BCUT2D eigenvalue weighted by atomic mass is 16.5. The fraction of sp³-hybridized carbons (Fsp3) is 0.267.